The number of nitriles is 1. The number of benzene rings is 1. The number of hydrogen-bond acceptors (Lipinski definition) is 4. The molecule has 0 atom stereocenters. The van der Waals surface area contributed by atoms with Crippen LogP contribution in [0.5, 0.6) is 0 Å². The Morgan fingerprint density at radius 1 is 1.03 bits per heavy atom. The maximum absolute atomic E-state index is 12.8. The van der Waals surface area contributed by atoms with Crippen molar-refractivity contribution in [3.05, 3.63) is 65.7 Å². The highest BCUT2D eigenvalue weighted by Gasteiger charge is 2.24. The predicted molar refractivity (Wildman–Crippen MR) is 109 cm³/mol. The summed E-state index contributed by atoms with van der Waals surface area (Å²) < 4.78 is 1.62. The second kappa shape index (κ2) is 8.15. The van der Waals surface area contributed by atoms with Gasteiger partial charge < -0.3 is 10.6 Å². The molecule has 2 amide bonds. The Balaban J connectivity index is 1.60. The van der Waals surface area contributed by atoms with Gasteiger partial charge in [0.25, 0.3) is 11.8 Å². The lowest BCUT2D eigenvalue weighted by atomic mass is 9.95. The Hall–Kier alpha value is -3.66. The van der Waals surface area contributed by atoms with Crippen molar-refractivity contribution in [1.82, 2.24) is 14.7 Å². The third-order valence-corrected chi connectivity index (χ3v) is 5.18. The average Bonchev–Trinajstić information content (AvgIpc) is 3.15. The van der Waals surface area contributed by atoms with Gasteiger partial charge in [0, 0.05) is 17.9 Å². The number of hydrogen-bond donors (Lipinski definition) is 2. The standard InChI is InChI=1S/C22H21N5O2/c23-14-15-9-11-17(12-10-15)25-22(29)20-26-19(18-8-4-5-13-27(18)20)21(28)24-16-6-2-1-3-7-16/h4-5,8-13,16H,1-3,6-7H2,(H,24,28)(H,25,29). The molecule has 0 bridgehead atoms. The third kappa shape index (κ3) is 3.97. The number of pyridine rings is 1. The van der Waals surface area contributed by atoms with Crippen LogP contribution in [0.3, 0.4) is 0 Å². The van der Waals surface area contributed by atoms with Crippen LogP contribution >= 0.6 is 0 Å². The van der Waals surface area contributed by atoms with Crippen molar-refractivity contribution in [3.63, 3.8) is 0 Å². The summed E-state index contributed by atoms with van der Waals surface area (Å²) in [5.74, 6) is -0.538. The fourth-order valence-electron chi connectivity index (χ4n) is 3.68. The number of anilines is 1. The van der Waals surface area contributed by atoms with Gasteiger partial charge in [-0.1, -0.05) is 25.3 Å². The van der Waals surface area contributed by atoms with Crippen molar-refractivity contribution in [3.8, 4) is 6.07 Å². The van der Waals surface area contributed by atoms with Crippen LogP contribution in [0.2, 0.25) is 0 Å². The van der Waals surface area contributed by atoms with E-state index in [4.69, 9.17) is 5.26 Å². The molecule has 1 saturated carbocycles. The van der Waals surface area contributed by atoms with E-state index in [1.54, 1.807) is 47.0 Å². The SMILES string of the molecule is N#Cc1ccc(NC(=O)c2nc(C(=O)NC3CCCCC3)c3ccccn23)cc1. The van der Waals surface area contributed by atoms with Gasteiger partial charge in [-0.25, -0.2) is 4.98 Å². The first-order valence-corrected chi connectivity index (χ1v) is 9.75. The zero-order chi connectivity index (χ0) is 20.2. The first kappa shape index (κ1) is 18.7. The first-order valence-electron chi connectivity index (χ1n) is 9.75. The summed E-state index contributed by atoms with van der Waals surface area (Å²) in [6.07, 6.45) is 7.11. The Morgan fingerprint density at radius 2 is 1.79 bits per heavy atom. The molecule has 2 N–H and O–H groups in total. The summed E-state index contributed by atoms with van der Waals surface area (Å²) >= 11 is 0. The molecule has 3 aromatic rings. The van der Waals surface area contributed by atoms with Crippen LogP contribution in [-0.2, 0) is 0 Å². The molecule has 1 aromatic carbocycles. The van der Waals surface area contributed by atoms with E-state index in [0.29, 0.717) is 16.8 Å². The number of rotatable bonds is 4. The normalized spacial score (nSPS) is 14.3. The Bertz CT molecular complexity index is 1090. The van der Waals surface area contributed by atoms with Crippen LogP contribution in [0.25, 0.3) is 5.52 Å². The number of carbonyl (C=O) groups excluding carboxylic acids is 2. The fourth-order valence-corrected chi connectivity index (χ4v) is 3.68. The summed E-state index contributed by atoms with van der Waals surface area (Å²) in [5, 5.41) is 14.7. The molecule has 7 heteroatoms. The van der Waals surface area contributed by atoms with Gasteiger partial charge in [-0.15, -0.1) is 0 Å². The molecule has 0 radical (unpaired) electrons. The third-order valence-electron chi connectivity index (χ3n) is 5.18. The van der Waals surface area contributed by atoms with Crippen molar-refractivity contribution in [2.45, 2.75) is 38.1 Å². The van der Waals surface area contributed by atoms with E-state index in [-0.39, 0.29) is 23.5 Å². The summed E-state index contributed by atoms with van der Waals surface area (Å²) in [6.45, 7) is 0. The molecule has 29 heavy (non-hydrogen) atoms. The van der Waals surface area contributed by atoms with E-state index in [1.807, 2.05) is 12.1 Å². The number of imidazole rings is 1. The average molecular weight is 387 g/mol. The molecule has 0 spiro atoms. The lowest BCUT2D eigenvalue weighted by molar-refractivity contribution is 0.0925. The summed E-state index contributed by atoms with van der Waals surface area (Å²) in [6, 6.07) is 14.1. The van der Waals surface area contributed by atoms with Gasteiger partial charge in [0.2, 0.25) is 5.82 Å². The van der Waals surface area contributed by atoms with Crippen LogP contribution in [-0.4, -0.2) is 27.2 Å². The molecule has 2 aromatic heterocycles. The fraction of sp³-hybridized carbons (Fsp3) is 0.273. The van der Waals surface area contributed by atoms with E-state index in [1.165, 1.54) is 6.42 Å². The number of aromatic nitrogens is 2. The predicted octanol–water partition coefficient (Wildman–Crippen LogP) is 3.52. The Morgan fingerprint density at radius 3 is 2.52 bits per heavy atom. The van der Waals surface area contributed by atoms with Gasteiger partial charge in [-0.05, 0) is 49.2 Å². The quantitative estimate of drug-likeness (QED) is 0.715. The minimum absolute atomic E-state index is 0.138. The highest BCUT2D eigenvalue weighted by Crippen LogP contribution is 2.20. The zero-order valence-electron chi connectivity index (χ0n) is 15.9. The molecular formula is C22H21N5O2. The van der Waals surface area contributed by atoms with Gasteiger partial charge in [0.1, 0.15) is 0 Å². The monoisotopic (exact) mass is 387 g/mol. The maximum atomic E-state index is 12.8. The lowest BCUT2D eigenvalue weighted by Crippen LogP contribution is -2.36. The second-order valence-electron chi connectivity index (χ2n) is 7.19. The summed E-state index contributed by atoms with van der Waals surface area (Å²) in [4.78, 5) is 30.0. The van der Waals surface area contributed by atoms with E-state index in [2.05, 4.69) is 15.6 Å². The molecule has 1 fully saturated rings. The zero-order valence-corrected chi connectivity index (χ0v) is 15.9. The minimum Gasteiger partial charge on any atom is -0.348 e. The van der Waals surface area contributed by atoms with Crippen LogP contribution in [0.4, 0.5) is 5.69 Å². The Labute approximate surface area is 168 Å². The van der Waals surface area contributed by atoms with E-state index < -0.39 is 5.91 Å². The highest BCUT2D eigenvalue weighted by atomic mass is 16.2. The molecule has 1 aliphatic rings. The smallest absolute Gasteiger partial charge is 0.292 e. The maximum Gasteiger partial charge on any atom is 0.292 e. The lowest BCUT2D eigenvalue weighted by Gasteiger charge is -2.22. The van der Waals surface area contributed by atoms with E-state index >= 15 is 0 Å². The molecule has 0 saturated heterocycles. The van der Waals surface area contributed by atoms with Crippen LogP contribution in [0.1, 0.15) is 58.8 Å². The molecule has 2 heterocycles. The van der Waals surface area contributed by atoms with Crippen molar-refractivity contribution in [2.75, 3.05) is 5.32 Å². The number of nitrogens with zero attached hydrogens (tertiary/aromatic N) is 3. The Kier molecular flexibility index (Phi) is 5.25. The van der Waals surface area contributed by atoms with Gasteiger partial charge in [-0.2, -0.15) is 5.26 Å². The minimum atomic E-state index is -0.423. The van der Waals surface area contributed by atoms with Crippen molar-refractivity contribution < 1.29 is 9.59 Å². The summed E-state index contributed by atoms with van der Waals surface area (Å²) in [5.41, 5.74) is 1.90. The molecule has 7 nitrogen and oxygen atoms in total. The van der Waals surface area contributed by atoms with E-state index in [0.717, 1.165) is 25.7 Å². The van der Waals surface area contributed by atoms with Crippen LogP contribution < -0.4 is 10.6 Å². The van der Waals surface area contributed by atoms with Crippen molar-refractivity contribution >= 4 is 23.0 Å². The van der Waals surface area contributed by atoms with Crippen molar-refractivity contribution in [2.24, 2.45) is 0 Å². The summed E-state index contributed by atoms with van der Waals surface area (Å²) in [7, 11) is 0. The molecule has 146 valence electrons. The molecular weight excluding hydrogens is 366 g/mol. The number of fused-ring (bicyclic) bond motifs is 1. The molecule has 0 unspecified atom stereocenters. The van der Waals surface area contributed by atoms with Gasteiger partial charge >= 0.3 is 0 Å². The number of nitrogens with one attached hydrogen (secondary N) is 2. The molecule has 0 aliphatic heterocycles. The van der Waals surface area contributed by atoms with Gasteiger partial charge in [0.15, 0.2) is 5.69 Å². The van der Waals surface area contributed by atoms with Crippen LogP contribution in [0, 0.1) is 11.3 Å². The van der Waals surface area contributed by atoms with Gasteiger partial charge in [0.05, 0.1) is 17.1 Å². The van der Waals surface area contributed by atoms with E-state index in [9.17, 15) is 9.59 Å². The topological polar surface area (TPSA) is 99.3 Å². The largest absolute Gasteiger partial charge is 0.348 e. The van der Waals surface area contributed by atoms with Gasteiger partial charge in [-0.3, -0.25) is 14.0 Å². The van der Waals surface area contributed by atoms with Crippen molar-refractivity contribution in [1.29, 1.82) is 5.26 Å². The van der Waals surface area contributed by atoms with Crippen LogP contribution in [0.15, 0.2) is 48.7 Å². The second-order valence-corrected chi connectivity index (χ2v) is 7.19. The highest BCUT2D eigenvalue weighted by molar-refractivity contribution is 6.06. The molecule has 4 rings (SSSR count). The molecule has 1 aliphatic carbocycles. The number of amides is 2. The first-order chi connectivity index (χ1) is 14.2. The number of carbonyl (C=O) groups is 2.